The normalized spacial score (nSPS) is 14.6. The lowest BCUT2D eigenvalue weighted by atomic mass is 9.99. The molecule has 0 spiro atoms. The lowest BCUT2D eigenvalue weighted by Crippen LogP contribution is -2.62. The second kappa shape index (κ2) is 64.3. The van der Waals surface area contributed by atoms with Crippen LogP contribution in [0.25, 0.3) is 0 Å². The lowest BCUT2D eigenvalue weighted by molar-refractivity contribution is -0.142. The monoisotopic (exact) mass is 2040 g/mol. The highest BCUT2D eigenvalue weighted by Gasteiger charge is 2.42. The second-order valence-electron chi connectivity index (χ2n) is 35.9. The number of carboxylic acid groups (broad SMARTS) is 3. The summed E-state index contributed by atoms with van der Waals surface area (Å²) >= 11 is 0. The number of hydrogen-bond acceptors (Lipinski definition) is 28. The molecule has 802 valence electrons. The number of guanidine groups is 3. The number of aliphatic carboxylic acids is 3. The van der Waals surface area contributed by atoms with Gasteiger partial charge in [0, 0.05) is 45.3 Å². The summed E-state index contributed by atoms with van der Waals surface area (Å²) < 4.78 is 0. The smallest absolute Gasteiger partial charge is 0.325 e. The van der Waals surface area contributed by atoms with Crippen LogP contribution in [0.3, 0.4) is 0 Å². The van der Waals surface area contributed by atoms with Crippen LogP contribution in [0.2, 0.25) is 0 Å². The number of aliphatic hydroxyl groups is 2. The zero-order chi connectivity index (χ0) is 109. The molecule has 0 saturated carbocycles. The maximum atomic E-state index is 14.8. The molecular formula is C89H144N28O27. The Morgan fingerprint density at radius 2 is 0.632 bits per heavy atom. The van der Waals surface area contributed by atoms with Crippen molar-refractivity contribution in [2.75, 3.05) is 32.8 Å². The predicted molar refractivity (Wildman–Crippen MR) is 516 cm³/mol. The number of phenolic OH excluding ortho intramolecular Hbond substituents is 1. The fraction of sp³-hybridized carbons (Fsp3) is 0.596. The summed E-state index contributed by atoms with van der Waals surface area (Å²) in [5.41, 5.74) is 33.3. The number of carbonyl (C=O) groups is 21. The van der Waals surface area contributed by atoms with Gasteiger partial charge in [-0.15, -0.1) is 0 Å². The van der Waals surface area contributed by atoms with Crippen molar-refractivity contribution in [2.45, 2.75) is 281 Å². The fourth-order valence-electron chi connectivity index (χ4n) is 14.0. The highest BCUT2D eigenvalue weighted by atomic mass is 16.4. The molecule has 2 aromatic carbocycles. The van der Waals surface area contributed by atoms with Crippen LogP contribution in [0.5, 0.6) is 5.75 Å². The van der Waals surface area contributed by atoms with Gasteiger partial charge in [-0.1, -0.05) is 97.9 Å². The maximum absolute atomic E-state index is 14.8. The molecule has 55 heteroatoms. The van der Waals surface area contributed by atoms with Crippen molar-refractivity contribution in [2.24, 2.45) is 58.1 Å². The van der Waals surface area contributed by atoms with Gasteiger partial charge in [0.05, 0.1) is 32.1 Å². The van der Waals surface area contributed by atoms with E-state index >= 15 is 0 Å². The van der Waals surface area contributed by atoms with Crippen LogP contribution in [-0.4, -0.2) is 308 Å². The molecule has 0 aliphatic rings. The van der Waals surface area contributed by atoms with Gasteiger partial charge >= 0.3 is 17.9 Å². The number of aliphatic hydroxyl groups excluding tert-OH is 2. The summed E-state index contributed by atoms with van der Waals surface area (Å²) in [5, 5.41) is 130. The Balaban J connectivity index is 2.65. The molecule has 0 saturated heterocycles. The number of primary amides is 2. The van der Waals surface area contributed by atoms with Crippen molar-refractivity contribution in [3.05, 3.63) is 65.7 Å². The average molecular weight is 2040 g/mol. The Labute approximate surface area is 830 Å². The van der Waals surface area contributed by atoms with E-state index in [1.165, 1.54) is 57.2 Å². The SMILES string of the molecule is CC(C)C[C@H](NC(=O)[C@H](CC(=O)O)NC(=O)[C@@H](NC(=O)[C@H](CCCNC(=N)N)NC(=O)[C@H](Cc1ccccc1)NC(=O)[C@H](CO)NC(=O)C(CCC(N)=O)NC(=O)[C@H](CCC(=O)O)NC(=O)[C@H](CC(N)=O)NC(=O)CN)C(C)C)C(=O)N[C@@H](CCCNC(=N)N)C(=O)N[C@H](C(=O)N[C@@H](CC(C)C)C(=O)N[C@@H](CC(C)C)C(=O)N[C@@H](CCCNC(=N)N)C(=O)N[C@@H](Cc1ccc(O)cc1)C(=O)N[C@@H](C)C(=O)O)C(C)O. The van der Waals surface area contributed by atoms with E-state index in [2.05, 4.69) is 101 Å². The average Bonchev–Trinajstić information content (AvgIpc) is 0.834. The highest BCUT2D eigenvalue weighted by molar-refractivity contribution is 6.02. The van der Waals surface area contributed by atoms with Crippen LogP contribution in [0.1, 0.15) is 177 Å². The molecule has 2 aromatic rings. The largest absolute Gasteiger partial charge is 0.508 e. The van der Waals surface area contributed by atoms with Gasteiger partial charge in [0.15, 0.2) is 17.9 Å². The third-order valence-corrected chi connectivity index (χ3v) is 21.5. The van der Waals surface area contributed by atoms with Crippen LogP contribution < -0.4 is 135 Å². The molecular weight excluding hydrogens is 1890 g/mol. The van der Waals surface area contributed by atoms with Gasteiger partial charge in [-0.05, 0) is 131 Å². The Bertz CT molecular complexity index is 4740. The molecule has 40 N–H and O–H groups in total. The van der Waals surface area contributed by atoms with Gasteiger partial charge in [-0.2, -0.15) is 0 Å². The van der Waals surface area contributed by atoms with Crippen LogP contribution in [0, 0.1) is 39.9 Å². The molecule has 0 fully saturated rings. The summed E-state index contributed by atoms with van der Waals surface area (Å²) in [4.78, 5) is 289. The number of hydrogen-bond donors (Lipinski definition) is 34. The third kappa shape index (κ3) is 49.3. The topological polar surface area (TPSA) is 936 Å². The first kappa shape index (κ1) is 125. The van der Waals surface area contributed by atoms with Crippen LogP contribution in [0.4, 0.5) is 0 Å². The van der Waals surface area contributed by atoms with Crippen molar-refractivity contribution < 1.29 is 131 Å². The van der Waals surface area contributed by atoms with Gasteiger partial charge in [0.25, 0.3) is 0 Å². The molecule has 2 rings (SSSR count). The van der Waals surface area contributed by atoms with Crippen LogP contribution in [-0.2, 0) is 114 Å². The first-order valence-electron chi connectivity index (χ1n) is 46.6. The zero-order valence-corrected chi connectivity index (χ0v) is 82.1. The van der Waals surface area contributed by atoms with Gasteiger partial charge in [-0.3, -0.25) is 117 Å². The number of aromatic hydroxyl groups is 1. The van der Waals surface area contributed by atoms with Crippen molar-refractivity contribution in [3.8, 4) is 5.75 Å². The standard InChI is InChI=1S/C89H144N28O27/c1-42(2)33-56(77(134)104-51(19-14-30-99-87(93)94)71(128)111-59(76(133)102-46(9)86(143)144)37-49-22-24-50(120)25-23-49)109-79(136)58(35-44(5)6)113-85(142)70(47(10)119)117-75(132)53(21-16-32-101-89(97)98)105-78(135)57(34-43(3)4)110-82(139)62(39-68(126)127)114-84(141)69(45(7)8)116-74(131)52(20-15-31-100-88(95)96)106-80(137)60(36-48-17-12-11-13-18-48)112-83(140)63(41-118)115-73(130)54(26-28-64(91)121)107-72(129)55(27-29-67(124)125)108-81(138)61(38-65(92)122)103-66(123)40-90/h11-13,17-18,22-25,42-47,51-63,69-70,118-120H,14-16,19-21,26-41,90H2,1-10H3,(H2,91,121)(H2,92,122)(H,102,133)(H,103,123)(H,104,134)(H,105,135)(H,106,137)(H,107,129)(H,108,138)(H,109,136)(H,110,139)(H,111,128)(H,112,140)(H,113,142)(H,114,141)(H,115,130)(H,116,131)(H,117,132)(H,124,125)(H,126,127)(H,143,144)(H4,93,94,99)(H4,95,96,100)(H4,97,98,101)/t46-,47?,51-,52-,53-,54?,55-,56-,57-,58-,59-,60-,61-,62-,63-,69-,70-/m0/s1. The van der Waals surface area contributed by atoms with Gasteiger partial charge in [-0.25, -0.2) is 0 Å². The number of phenols is 1. The van der Waals surface area contributed by atoms with Crippen molar-refractivity contribution >= 4 is 142 Å². The van der Waals surface area contributed by atoms with Crippen LogP contribution >= 0.6 is 0 Å². The third-order valence-electron chi connectivity index (χ3n) is 21.5. The summed E-state index contributed by atoms with van der Waals surface area (Å²) in [6.45, 7) is 13.0. The molecule has 0 aromatic heterocycles. The minimum Gasteiger partial charge on any atom is -0.508 e. The number of carboxylic acids is 3. The zero-order valence-electron chi connectivity index (χ0n) is 82.1. The Hall–Kier alpha value is -15.2. The molecule has 144 heavy (non-hydrogen) atoms. The summed E-state index contributed by atoms with van der Waals surface area (Å²) in [7, 11) is 0. The molecule has 0 heterocycles. The second-order valence-corrected chi connectivity index (χ2v) is 35.9. The maximum Gasteiger partial charge on any atom is 0.325 e. The van der Waals surface area contributed by atoms with Crippen molar-refractivity contribution in [3.63, 3.8) is 0 Å². The fourth-order valence-corrected chi connectivity index (χ4v) is 14.0. The van der Waals surface area contributed by atoms with Crippen molar-refractivity contribution in [1.29, 1.82) is 16.2 Å². The Morgan fingerprint density at radius 1 is 0.326 bits per heavy atom. The highest BCUT2D eigenvalue weighted by Crippen LogP contribution is 2.18. The van der Waals surface area contributed by atoms with E-state index in [-0.39, 0.29) is 95.5 Å². The van der Waals surface area contributed by atoms with E-state index in [4.69, 9.17) is 50.6 Å². The van der Waals surface area contributed by atoms with Crippen LogP contribution in [0.15, 0.2) is 54.6 Å². The number of rotatable bonds is 68. The minimum atomic E-state index is -2.09. The molecule has 2 unspecified atom stereocenters. The Kier molecular flexibility index (Phi) is 55.7. The van der Waals surface area contributed by atoms with E-state index in [0.717, 1.165) is 6.92 Å². The van der Waals surface area contributed by atoms with E-state index in [9.17, 15) is 131 Å². The summed E-state index contributed by atoms with van der Waals surface area (Å²) in [5.74, 6) is -28.7. The number of amides is 18. The van der Waals surface area contributed by atoms with Gasteiger partial charge in [0.2, 0.25) is 106 Å². The molecule has 0 aliphatic carbocycles. The van der Waals surface area contributed by atoms with E-state index < -0.39 is 321 Å². The predicted octanol–water partition coefficient (Wildman–Crippen LogP) is -9.56. The number of nitrogens with two attached hydrogens (primary N) is 6. The summed E-state index contributed by atoms with van der Waals surface area (Å²) in [6.07, 6.45) is -8.78. The van der Waals surface area contributed by atoms with Gasteiger partial charge < -0.3 is 166 Å². The first-order chi connectivity index (χ1) is 67.4. The van der Waals surface area contributed by atoms with E-state index in [1.807, 2.05) is 0 Å². The van der Waals surface area contributed by atoms with Gasteiger partial charge in [0.1, 0.15) is 102 Å². The Morgan fingerprint density at radius 3 is 0.979 bits per heavy atom. The number of benzene rings is 2. The number of nitrogens with one attached hydrogen (secondary N) is 22. The summed E-state index contributed by atoms with van der Waals surface area (Å²) in [6, 6.07) is -14.4. The molecule has 55 nitrogen and oxygen atoms in total. The number of carbonyl (C=O) groups excluding carboxylic acids is 18. The molecule has 18 amide bonds. The van der Waals surface area contributed by atoms with E-state index in [1.54, 1.807) is 59.7 Å². The first-order valence-corrected chi connectivity index (χ1v) is 46.6. The molecule has 0 aliphatic heterocycles. The molecule has 0 bridgehead atoms. The quantitative estimate of drug-likeness (QED) is 0.0166. The molecule has 17 atom stereocenters. The lowest BCUT2D eigenvalue weighted by Gasteiger charge is -2.30. The van der Waals surface area contributed by atoms with Crippen molar-refractivity contribution in [1.82, 2.24) is 101 Å². The minimum absolute atomic E-state index is 0.0108. The van der Waals surface area contributed by atoms with E-state index in [0.29, 0.717) is 11.1 Å². The molecule has 0 radical (unpaired) electrons.